The molecule has 0 bridgehead atoms. The van der Waals surface area contributed by atoms with Gasteiger partial charge in [0.25, 0.3) is 5.91 Å². The summed E-state index contributed by atoms with van der Waals surface area (Å²) in [5.74, 6) is -0.751. The van der Waals surface area contributed by atoms with Crippen LogP contribution in [-0.4, -0.2) is 59.3 Å². The van der Waals surface area contributed by atoms with Crippen molar-refractivity contribution in [3.8, 4) is 17.0 Å². The number of hydrogen-bond acceptors (Lipinski definition) is 7. The lowest BCUT2D eigenvalue weighted by Crippen LogP contribution is -2.45. The number of aryl methyl sites for hydroxylation is 1. The fourth-order valence-corrected chi connectivity index (χ4v) is 4.87. The van der Waals surface area contributed by atoms with Crippen molar-refractivity contribution in [2.75, 3.05) is 6.54 Å². The monoisotopic (exact) mass is 645 g/mol. The van der Waals surface area contributed by atoms with Gasteiger partial charge in [0, 0.05) is 18.7 Å². The Balaban J connectivity index is 0.00000197. The average Bonchev–Trinajstić information content (AvgIpc) is 3.24. The molecule has 1 aromatic heterocycles. The second kappa shape index (κ2) is 14.2. The van der Waals surface area contributed by atoms with Gasteiger partial charge in [-0.2, -0.15) is 35.5 Å². The van der Waals surface area contributed by atoms with Crippen molar-refractivity contribution >= 4 is 29.1 Å². The molecule has 0 saturated heterocycles. The van der Waals surface area contributed by atoms with Crippen LogP contribution in [0.15, 0.2) is 18.2 Å². The van der Waals surface area contributed by atoms with Gasteiger partial charge in [0.1, 0.15) is 5.75 Å². The lowest BCUT2D eigenvalue weighted by molar-refractivity contribution is -0.243. The van der Waals surface area contributed by atoms with Crippen molar-refractivity contribution < 1.29 is 50.1 Å². The third kappa shape index (κ3) is 8.26. The lowest BCUT2D eigenvalue weighted by atomic mass is 9.79. The molecular weight excluding hydrogens is 613 g/mol. The lowest BCUT2D eigenvalue weighted by Gasteiger charge is -2.34. The molecule has 1 aliphatic carbocycles. The highest BCUT2D eigenvalue weighted by Gasteiger charge is 2.52. The van der Waals surface area contributed by atoms with E-state index < -0.39 is 53.1 Å². The number of halogens is 6. The van der Waals surface area contributed by atoms with Crippen LogP contribution < -0.4 is 10.1 Å². The second-order valence-corrected chi connectivity index (χ2v) is 11.3. The highest BCUT2D eigenvalue weighted by Crippen LogP contribution is 2.48. The zero-order valence-electron chi connectivity index (χ0n) is 23.3. The van der Waals surface area contributed by atoms with Crippen molar-refractivity contribution in [3.05, 3.63) is 34.5 Å². The molecule has 1 aliphatic rings. The molecule has 16 heteroatoms. The van der Waals surface area contributed by atoms with Gasteiger partial charge >= 0.3 is 24.4 Å². The first-order valence-electron chi connectivity index (χ1n) is 12.9. The van der Waals surface area contributed by atoms with Gasteiger partial charge in [-0.15, -0.1) is 0 Å². The smallest absolute Gasteiger partial charge is 0.396 e. The van der Waals surface area contributed by atoms with Gasteiger partial charge in [-0.1, -0.05) is 24.6 Å². The molecule has 1 unspecified atom stereocenters. The number of amides is 1. The summed E-state index contributed by atoms with van der Waals surface area (Å²) in [4.78, 5) is 13.0. The molecular formula is C26H33ClF5N3O6S. The number of nitrogens with one attached hydrogen (secondary N) is 1. The van der Waals surface area contributed by atoms with Crippen LogP contribution in [0.2, 0.25) is 5.02 Å². The number of carbonyl (C=O) groups excluding carboxylic acids is 1. The van der Waals surface area contributed by atoms with E-state index in [2.05, 4.69) is 22.1 Å². The summed E-state index contributed by atoms with van der Waals surface area (Å²) >= 11 is 5.76. The van der Waals surface area contributed by atoms with Gasteiger partial charge in [-0.05, 0) is 70.1 Å². The predicted octanol–water partition coefficient (Wildman–Crippen LogP) is 5.45. The molecule has 1 atom stereocenters. The van der Waals surface area contributed by atoms with Crippen LogP contribution in [0, 0.1) is 11.3 Å². The molecule has 1 heterocycles. The van der Waals surface area contributed by atoms with Gasteiger partial charge in [0.2, 0.25) is 0 Å². The van der Waals surface area contributed by atoms with Crippen molar-refractivity contribution in [1.82, 2.24) is 15.1 Å². The number of alkyl halides is 5. The maximum Gasteiger partial charge on any atom is 0.396 e. The molecule has 1 fully saturated rings. The highest BCUT2D eigenvalue weighted by molar-refractivity contribution is 7.51. The summed E-state index contributed by atoms with van der Waals surface area (Å²) in [5.41, 5.74) is -4.21. The Morgan fingerprint density at radius 3 is 2.33 bits per heavy atom. The summed E-state index contributed by atoms with van der Waals surface area (Å²) in [6.07, 6.45) is -4.19. The topological polar surface area (TPSA) is 131 Å². The van der Waals surface area contributed by atoms with E-state index in [0.29, 0.717) is 18.8 Å². The molecule has 3 N–H and O–H groups in total. The molecule has 9 nitrogen and oxygen atoms in total. The molecule has 0 spiro atoms. The third-order valence-corrected chi connectivity index (χ3v) is 7.76. The number of nitrogens with zero attached hydrogens (tertiary/aromatic N) is 2. The number of benzene rings is 1. The number of ether oxygens (including phenoxy) is 1. The summed E-state index contributed by atoms with van der Waals surface area (Å²) in [5, 5.41) is 27.9. The van der Waals surface area contributed by atoms with Gasteiger partial charge in [0.15, 0.2) is 5.69 Å². The Hall–Kier alpha value is -2.62. The SMILES string of the molecule is CCn1nc(C(=O)NCC2(O)CCC(C)CC2)c(Cl)c1-c1ccc(C(O)C(C)(C)C(F)(F)F)cc1OC(F)F.O=S=O. The van der Waals surface area contributed by atoms with Crippen LogP contribution in [-0.2, 0) is 18.1 Å². The minimum Gasteiger partial charge on any atom is -0.434 e. The van der Waals surface area contributed by atoms with Gasteiger partial charge < -0.3 is 20.3 Å². The molecule has 236 valence electrons. The van der Waals surface area contributed by atoms with Crippen LogP contribution in [0.4, 0.5) is 22.0 Å². The number of aromatic nitrogens is 2. The molecule has 2 aromatic rings. The van der Waals surface area contributed by atoms with Crippen LogP contribution >= 0.6 is 11.6 Å². The molecule has 1 saturated carbocycles. The average molecular weight is 646 g/mol. The number of rotatable bonds is 9. The normalized spacial score (nSPS) is 20.0. The van der Waals surface area contributed by atoms with Crippen LogP contribution in [0.25, 0.3) is 11.3 Å². The molecule has 1 amide bonds. The van der Waals surface area contributed by atoms with Crippen molar-refractivity contribution in [3.63, 3.8) is 0 Å². The first-order chi connectivity index (χ1) is 19.4. The Labute approximate surface area is 248 Å². The fourth-order valence-electron chi connectivity index (χ4n) is 4.55. The maximum atomic E-state index is 13.5. The van der Waals surface area contributed by atoms with E-state index in [1.165, 1.54) is 10.7 Å². The predicted molar refractivity (Wildman–Crippen MR) is 144 cm³/mol. The molecule has 0 radical (unpaired) electrons. The molecule has 42 heavy (non-hydrogen) atoms. The Morgan fingerprint density at radius 1 is 1.26 bits per heavy atom. The zero-order valence-corrected chi connectivity index (χ0v) is 24.9. The summed E-state index contributed by atoms with van der Waals surface area (Å²) < 4.78 is 89.5. The standard InChI is InChI=1S/C26H33ClF5N3O4.O2S/c1-5-35-20(18(27)19(34-35)22(37)33-13-25(38)10-8-14(2)9-11-25)16-7-6-15(12-17(16)39-23(28)29)21(36)24(3,4)26(30,31)32;1-3-2/h6-7,12,14,21,23,36,38H,5,8-11,13H2,1-4H3,(H,33,37);. The summed E-state index contributed by atoms with van der Waals surface area (Å²) in [6.45, 7) is 2.12. The molecule has 0 aliphatic heterocycles. The van der Waals surface area contributed by atoms with E-state index in [1.54, 1.807) is 6.92 Å². The number of aliphatic hydroxyl groups excluding tert-OH is 1. The first-order valence-corrected chi connectivity index (χ1v) is 14.0. The quantitative estimate of drug-likeness (QED) is 0.309. The Kier molecular flexibility index (Phi) is 12.1. The molecule has 1 aromatic carbocycles. The minimum atomic E-state index is -4.79. The maximum absolute atomic E-state index is 13.5. The second-order valence-electron chi connectivity index (χ2n) is 10.7. The van der Waals surface area contributed by atoms with Crippen molar-refractivity contribution in [2.24, 2.45) is 11.3 Å². The van der Waals surface area contributed by atoms with E-state index >= 15 is 0 Å². The van der Waals surface area contributed by atoms with Crippen LogP contribution in [0.3, 0.4) is 0 Å². The van der Waals surface area contributed by atoms with E-state index in [1.807, 2.05) is 0 Å². The molecule has 3 rings (SSSR count). The van der Waals surface area contributed by atoms with Gasteiger partial charge in [-0.3, -0.25) is 9.48 Å². The summed E-state index contributed by atoms with van der Waals surface area (Å²) in [6, 6.07) is 3.22. The highest BCUT2D eigenvalue weighted by atomic mass is 35.5. The van der Waals surface area contributed by atoms with Crippen LogP contribution in [0.5, 0.6) is 5.75 Å². The Bertz CT molecular complexity index is 1280. The first kappa shape index (κ1) is 35.6. The van der Waals surface area contributed by atoms with E-state index in [-0.39, 0.29) is 40.6 Å². The van der Waals surface area contributed by atoms with Crippen molar-refractivity contribution in [1.29, 1.82) is 0 Å². The van der Waals surface area contributed by atoms with E-state index in [4.69, 9.17) is 20.0 Å². The fraction of sp³-hybridized carbons (Fsp3) is 0.615. The third-order valence-electron chi connectivity index (χ3n) is 7.40. The van der Waals surface area contributed by atoms with Crippen molar-refractivity contribution in [2.45, 2.75) is 84.4 Å². The van der Waals surface area contributed by atoms with Gasteiger partial charge in [0.05, 0.1) is 27.8 Å². The van der Waals surface area contributed by atoms with E-state index in [9.17, 15) is 37.0 Å². The summed E-state index contributed by atoms with van der Waals surface area (Å²) in [7, 11) is 0. The Morgan fingerprint density at radius 2 is 1.83 bits per heavy atom. The number of aliphatic hydroxyl groups is 2. The van der Waals surface area contributed by atoms with Gasteiger partial charge in [-0.25, -0.2) is 0 Å². The van der Waals surface area contributed by atoms with E-state index in [0.717, 1.165) is 38.8 Å². The number of hydrogen-bond donors (Lipinski definition) is 3. The number of carbonyl (C=O) groups is 1. The minimum absolute atomic E-state index is 0.0233. The zero-order chi connectivity index (χ0) is 32.0. The van der Waals surface area contributed by atoms with Crippen LogP contribution in [0.1, 0.15) is 75.5 Å². The largest absolute Gasteiger partial charge is 0.434 e.